The van der Waals surface area contributed by atoms with Crippen molar-refractivity contribution < 1.29 is 0 Å². The summed E-state index contributed by atoms with van der Waals surface area (Å²) in [5, 5.41) is 14.2. The molecule has 4 N–H and O–H groups in total. The first kappa shape index (κ1) is 28.9. The van der Waals surface area contributed by atoms with E-state index >= 15 is 0 Å². The van der Waals surface area contributed by atoms with Crippen molar-refractivity contribution in [2.45, 2.75) is 45.2 Å². The van der Waals surface area contributed by atoms with Crippen LogP contribution in [0.15, 0.2) is 61.2 Å². The van der Waals surface area contributed by atoms with E-state index in [1.165, 1.54) is 48.5 Å². The summed E-state index contributed by atoms with van der Waals surface area (Å²) in [6, 6.07) is 2.84. The summed E-state index contributed by atoms with van der Waals surface area (Å²) < 4.78 is 2.53. The Morgan fingerprint density at radius 1 is 1.15 bits per heavy atom. The monoisotopic (exact) mass is 534 g/mol. The fraction of sp³-hybridized carbons (Fsp3) is 0.548. The van der Waals surface area contributed by atoms with E-state index < -0.39 is 0 Å². The van der Waals surface area contributed by atoms with Gasteiger partial charge in [0.1, 0.15) is 11.6 Å². The maximum Gasteiger partial charge on any atom is 0.116 e. The fourth-order valence-electron chi connectivity index (χ4n) is 5.84. The first-order valence-corrected chi connectivity index (χ1v) is 14.7. The van der Waals surface area contributed by atoms with Gasteiger partial charge in [0, 0.05) is 82.4 Å². The molecule has 0 radical (unpaired) electrons. The largest absolute Gasteiger partial charge is 0.384 e. The minimum Gasteiger partial charge on any atom is -0.384 e. The Labute approximate surface area is 236 Å². The molecule has 3 heterocycles. The van der Waals surface area contributed by atoms with Crippen molar-refractivity contribution in [1.29, 1.82) is 0 Å². The molecule has 0 bridgehead atoms. The third-order valence-electron chi connectivity index (χ3n) is 8.25. The van der Waals surface area contributed by atoms with Crippen LogP contribution in [0, 0.1) is 0 Å². The molecule has 8 nitrogen and oxygen atoms in total. The predicted octanol–water partition coefficient (Wildman–Crippen LogP) is 3.89. The molecule has 1 saturated carbocycles. The molecule has 2 fully saturated rings. The molecule has 39 heavy (non-hydrogen) atoms. The smallest absolute Gasteiger partial charge is 0.116 e. The lowest BCUT2D eigenvalue weighted by Gasteiger charge is -2.38. The molecule has 1 saturated heterocycles. The number of piperazine rings is 1. The van der Waals surface area contributed by atoms with Crippen LogP contribution in [-0.4, -0.2) is 85.7 Å². The van der Waals surface area contributed by atoms with Gasteiger partial charge in [-0.25, -0.2) is 0 Å². The van der Waals surface area contributed by atoms with Gasteiger partial charge in [-0.2, -0.15) is 0 Å². The fourth-order valence-corrected chi connectivity index (χ4v) is 5.84. The second-order valence-electron chi connectivity index (χ2n) is 11.0. The molecule has 0 aromatic carbocycles. The van der Waals surface area contributed by atoms with Crippen molar-refractivity contribution in [1.82, 2.24) is 35.2 Å². The molecule has 8 heteroatoms. The zero-order valence-corrected chi connectivity index (χ0v) is 24.5. The molecule has 1 aromatic rings. The highest BCUT2D eigenvalue weighted by Gasteiger charge is 2.27. The number of hydrogen-bond acceptors (Lipinski definition) is 7. The summed E-state index contributed by atoms with van der Waals surface area (Å²) in [5.41, 5.74) is 6.01. The number of anilines is 1. The Hall–Kier alpha value is -3.10. The summed E-state index contributed by atoms with van der Waals surface area (Å²) in [7, 11) is 4.15. The highest BCUT2D eigenvalue weighted by molar-refractivity contribution is 5.67. The second-order valence-corrected chi connectivity index (χ2v) is 11.0. The van der Waals surface area contributed by atoms with Crippen molar-refractivity contribution in [2.24, 2.45) is 0 Å². The number of nitrogens with zero attached hydrogens (tertiary/aromatic N) is 4. The van der Waals surface area contributed by atoms with Crippen LogP contribution in [0.2, 0.25) is 0 Å². The second kappa shape index (κ2) is 13.8. The van der Waals surface area contributed by atoms with Gasteiger partial charge in [-0.3, -0.25) is 4.90 Å². The Morgan fingerprint density at radius 2 is 1.90 bits per heavy atom. The van der Waals surface area contributed by atoms with Crippen LogP contribution in [0.25, 0.3) is 5.70 Å². The average Bonchev–Trinajstić information content (AvgIpc) is 3.60. The van der Waals surface area contributed by atoms with Crippen LogP contribution in [0.1, 0.15) is 49.9 Å². The Morgan fingerprint density at radius 3 is 2.51 bits per heavy atom. The SMILES string of the molecule is C=CCNC(=C)CN1CCN(C2=CC=C(Nc3c(CNC)cc(C(=C)N(C)CC)n3C3CCCC3)NC2)CC1. The first-order valence-electron chi connectivity index (χ1n) is 14.7. The summed E-state index contributed by atoms with van der Waals surface area (Å²) in [4.78, 5) is 7.22. The van der Waals surface area contributed by atoms with Gasteiger partial charge in [-0.15, -0.1) is 6.58 Å². The summed E-state index contributed by atoms with van der Waals surface area (Å²) >= 11 is 0. The van der Waals surface area contributed by atoms with E-state index in [2.05, 4.69) is 92.5 Å². The maximum absolute atomic E-state index is 4.48. The zero-order chi connectivity index (χ0) is 27.8. The topological polar surface area (TPSA) is 62.8 Å². The maximum atomic E-state index is 4.48. The van der Waals surface area contributed by atoms with Crippen molar-refractivity contribution in [3.63, 3.8) is 0 Å². The van der Waals surface area contributed by atoms with Gasteiger partial charge >= 0.3 is 0 Å². The van der Waals surface area contributed by atoms with Crippen LogP contribution >= 0.6 is 0 Å². The van der Waals surface area contributed by atoms with E-state index in [4.69, 9.17) is 0 Å². The lowest BCUT2D eigenvalue weighted by molar-refractivity contribution is 0.165. The van der Waals surface area contributed by atoms with Crippen LogP contribution in [0.4, 0.5) is 5.82 Å². The molecule has 1 aromatic heterocycles. The van der Waals surface area contributed by atoms with E-state index in [9.17, 15) is 0 Å². The Bertz CT molecular complexity index is 1070. The molecular weight excluding hydrogens is 484 g/mol. The number of allylic oxidation sites excluding steroid dienone is 2. The van der Waals surface area contributed by atoms with E-state index in [0.717, 1.165) is 76.1 Å². The molecule has 0 atom stereocenters. The van der Waals surface area contributed by atoms with Crippen molar-refractivity contribution in [3.05, 3.63) is 72.5 Å². The van der Waals surface area contributed by atoms with Gasteiger partial charge in [-0.05, 0) is 45.0 Å². The minimum absolute atomic E-state index is 0.504. The average molecular weight is 535 g/mol. The minimum atomic E-state index is 0.504. The predicted molar refractivity (Wildman–Crippen MR) is 165 cm³/mol. The number of dihydropyridines is 1. The van der Waals surface area contributed by atoms with Gasteiger partial charge in [0.25, 0.3) is 0 Å². The Kier molecular flexibility index (Phi) is 10.2. The van der Waals surface area contributed by atoms with Crippen LogP contribution < -0.4 is 21.3 Å². The number of rotatable bonds is 14. The molecule has 1 aliphatic carbocycles. The normalized spacial score (nSPS) is 18.3. The van der Waals surface area contributed by atoms with Gasteiger partial charge in [0.05, 0.1) is 17.9 Å². The highest BCUT2D eigenvalue weighted by Crippen LogP contribution is 2.39. The number of nitrogens with one attached hydrogen (secondary N) is 4. The number of aromatic nitrogens is 1. The molecule has 2 aliphatic heterocycles. The van der Waals surface area contributed by atoms with Gasteiger partial charge < -0.3 is 35.6 Å². The van der Waals surface area contributed by atoms with E-state index in [1.807, 2.05) is 13.1 Å². The van der Waals surface area contributed by atoms with Crippen molar-refractivity contribution in [2.75, 3.05) is 71.8 Å². The number of hydrogen-bond donors (Lipinski definition) is 4. The van der Waals surface area contributed by atoms with E-state index in [-0.39, 0.29) is 0 Å². The first-order chi connectivity index (χ1) is 18.9. The highest BCUT2D eigenvalue weighted by atomic mass is 15.3. The quantitative estimate of drug-likeness (QED) is 0.270. The van der Waals surface area contributed by atoms with E-state index in [1.54, 1.807) is 0 Å². The summed E-state index contributed by atoms with van der Waals surface area (Å²) in [6.07, 6.45) is 11.4. The lowest BCUT2D eigenvalue weighted by atomic mass is 10.2. The molecular formula is C31H50N8. The van der Waals surface area contributed by atoms with Gasteiger partial charge in [0.15, 0.2) is 0 Å². The molecule has 4 rings (SSSR count). The van der Waals surface area contributed by atoms with Crippen molar-refractivity contribution in [3.8, 4) is 0 Å². The molecule has 3 aliphatic rings. The van der Waals surface area contributed by atoms with E-state index in [0.29, 0.717) is 6.04 Å². The summed E-state index contributed by atoms with van der Waals surface area (Å²) in [5.74, 6) is 2.24. The molecule has 214 valence electrons. The third kappa shape index (κ3) is 7.11. The zero-order valence-electron chi connectivity index (χ0n) is 24.5. The van der Waals surface area contributed by atoms with Crippen LogP contribution in [-0.2, 0) is 6.54 Å². The molecule has 0 unspecified atom stereocenters. The summed E-state index contributed by atoms with van der Waals surface area (Å²) in [6.45, 7) is 23.0. The van der Waals surface area contributed by atoms with Crippen molar-refractivity contribution >= 4 is 11.5 Å². The standard InChI is InChI=1S/C31H50N8/c1-7-15-33-24(3)23-37-16-18-38(19-17-37)28-13-14-30(34-22-28)35-31-26(21-32-5)20-29(25(4)36(6)8-2)39(31)27-11-9-10-12-27/h7,13-14,20,27,32-35H,1,3-4,8-12,15-19,21-23H2,2,5-6H3. The van der Waals surface area contributed by atoms with Crippen LogP contribution in [0.3, 0.4) is 0 Å². The third-order valence-corrected chi connectivity index (χ3v) is 8.25. The lowest BCUT2D eigenvalue weighted by Crippen LogP contribution is -2.48. The van der Waals surface area contributed by atoms with Gasteiger partial charge in [-0.1, -0.05) is 32.1 Å². The Balaban J connectivity index is 1.47. The molecule has 0 amide bonds. The molecule has 0 spiro atoms. The van der Waals surface area contributed by atoms with Crippen LogP contribution in [0.5, 0.6) is 0 Å². The van der Waals surface area contributed by atoms with Gasteiger partial charge in [0.2, 0.25) is 0 Å².